The second-order valence-corrected chi connectivity index (χ2v) is 3.12. The van der Waals surface area contributed by atoms with Crippen molar-refractivity contribution in [1.82, 2.24) is 4.90 Å². The summed E-state index contributed by atoms with van der Waals surface area (Å²) in [4.78, 5) is 13.2. The van der Waals surface area contributed by atoms with Gasteiger partial charge in [-0.1, -0.05) is 6.07 Å². The van der Waals surface area contributed by atoms with Crippen LogP contribution in [0.2, 0.25) is 0 Å². The molecule has 13 heavy (non-hydrogen) atoms. The number of nitrogens with zero attached hydrogens (tertiary/aromatic N) is 1. The molecule has 1 heterocycles. The number of benzene rings is 1. The van der Waals surface area contributed by atoms with E-state index in [1.165, 1.54) is 12.1 Å². The van der Waals surface area contributed by atoms with E-state index in [4.69, 9.17) is 0 Å². The zero-order chi connectivity index (χ0) is 9.42. The van der Waals surface area contributed by atoms with Gasteiger partial charge in [-0.05, 0) is 24.6 Å². The molecule has 0 spiro atoms. The minimum atomic E-state index is -0.343. The first-order valence-electron chi connectivity index (χ1n) is 4.30. The summed E-state index contributed by atoms with van der Waals surface area (Å²) in [5.74, 6) is -0.401. The van der Waals surface area contributed by atoms with Crippen molar-refractivity contribution in [1.29, 1.82) is 0 Å². The average Bonchev–Trinajstić information content (AvgIpc) is 2.44. The van der Waals surface area contributed by atoms with E-state index in [0.717, 1.165) is 5.56 Å². The van der Waals surface area contributed by atoms with Crippen LogP contribution < -0.4 is 0 Å². The van der Waals surface area contributed by atoms with E-state index in [1.807, 2.05) is 6.92 Å². The lowest BCUT2D eigenvalue weighted by atomic mass is 10.1. The first kappa shape index (κ1) is 8.23. The predicted octanol–water partition coefficient (Wildman–Crippen LogP) is 1.80. The third kappa shape index (κ3) is 1.20. The molecule has 1 aromatic carbocycles. The number of hydrogen-bond donors (Lipinski definition) is 0. The summed E-state index contributed by atoms with van der Waals surface area (Å²) >= 11 is 0. The van der Waals surface area contributed by atoms with Crippen LogP contribution in [0.25, 0.3) is 0 Å². The number of halogens is 1. The van der Waals surface area contributed by atoms with Gasteiger partial charge in [-0.3, -0.25) is 4.79 Å². The molecular formula is C10H10FNO. The van der Waals surface area contributed by atoms with Crippen LogP contribution in [0.3, 0.4) is 0 Å². The highest BCUT2D eigenvalue weighted by Crippen LogP contribution is 2.22. The molecule has 68 valence electrons. The van der Waals surface area contributed by atoms with Crippen LogP contribution in [0, 0.1) is 5.82 Å². The summed E-state index contributed by atoms with van der Waals surface area (Å²) in [6.07, 6.45) is 0. The van der Waals surface area contributed by atoms with Crippen LogP contribution in [0.4, 0.5) is 4.39 Å². The van der Waals surface area contributed by atoms with E-state index < -0.39 is 0 Å². The normalized spacial score (nSPS) is 14.9. The van der Waals surface area contributed by atoms with Crippen molar-refractivity contribution in [3.63, 3.8) is 0 Å². The van der Waals surface area contributed by atoms with Crippen molar-refractivity contribution in [2.24, 2.45) is 0 Å². The third-order valence-corrected chi connectivity index (χ3v) is 2.33. The fraction of sp³-hybridized carbons (Fsp3) is 0.300. The molecular weight excluding hydrogens is 169 g/mol. The monoisotopic (exact) mass is 179 g/mol. The second-order valence-electron chi connectivity index (χ2n) is 3.12. The minimum Gasteiger partial charge on any atom is -0.335 e. The maximum Gasteiger partial charge on any atom is 0.254 e. The predicted molar refractivity (Wildman–Crippen MR) is 46.8 cm³/mol. The molecule has 1 aromatic rings. The van der Waals surface area contributed by atoms with Crippen molar-refractivity contribution in [3.8, 4) is 0 Å². The number of rotatable bonds is 1. The van der Waals surface area contributed by atoms with E-state index in [0.29, 0.717) is 18.7 Å². The molecule has 0 saturated heterocycles. The van der Waals surface area contributed by atoms with Gasteiger partial charge >= 0.3 is 0 Å². The summed E-state index contributed by atoms with van der Waals surface area (Å²) in [5.41, 5.74) is 1.44. The zero-order valence-electron chi connectivity index (χ0n) is 7.38. The molecule has 0 saturated carbocycles. The number of carbonyl (C=O) groups is 1. The molecule has 0 bridgehead atoms. The third-order valence-electron chi connectivity index (χ3n) is 2.33. The fourth-order valence-electron chi connectivity index (χ4n) is 1.59. The van der Waals surface area contributed by atoms with E-state index >= 15 is 0 Å². The van der Waals surface area contributed by atoms with Gasteiger partial charge < -0.3 is 4.90 Å². The molecule has 0 aliphatic carbocycles. The van der Waals surface area contributed by atoms with Gasteiger partial charge in [0, 0.05) is 18.7 Å². The largest absolute Gasteiger partial charge is 0.335 e. The van der Waals surface area contributed by atoms with E-state index in [1.54, 1.807) is 11.0 Å². The number of fused-ring (bicyclic) bond motifs is 1. The van der Waals surface area contributed by atoms with Crippen LogP contribution in [0.5, 0.6) is 0 Å². The SMILES string of the molecule is CCN1Cc2ccc(F)cc2C1=O. The molecule has 0 aromatic heterocycles. The van der Waals surface area contributed by atoms with Crippen molar-refractivity contribution in [3.05, 3.63) is 35.1 Å². The second kappa shape index (κ2) is 2.83. The first-order valence-corrected chi connectivity index (χ1v) is 4.30. The van der Waals surface area contributed by atoms with Crippen molar-refractivity contribution in [2.45, 2.75) is 13.5 Å². The van der Waals surface area contributed by atoms with E-state index in [-0.39, 0.29) is 11.7 Å². The molecule has 0 atom stereocenters. The Bertz CT molecular complexity index is 362. The van der Waals surface area contributed by atoms with E-state index in [2.05, 4.69) is 0 Å². The number of hydrogen-bond acceptors (Lipinski definition) is 1. The highest BCUT2D eigenvalue weighted by atomic mass is 19.1. The Morgan fingerprint density at radius 3 is 3.00 bits per heavy atom. The molecule has 2 nitrogen and oxygen atoms in total. The highest BCUT2D eigenvalue weighted by molar-refractivity contribution is 5.98. The summed E-state index contributed by atoms with van der Waals surface area (Å²) in [5, 5.41) is 0. The Morgan fingerprint density at radius 1 is 1.54 bits per heavy atom. The summed E-state index contributed by atoms with van der Waals surface area (Å²) < 4.78 is 12.8. The minimum absolute atomic E-state index is 0.0583. The molecule has 0 N–H and O–H groups in total. The van der Waals surface area contributed by atoms with Gasteiger partial charge in [0.25, 0.3) is 5.91 Å². The molecule has 0 radical (unpaired) electrons. The van der Waals surface area contributed by atoms with Crippen LogP contribution >= 0.6 is 0 Å². The van der Waals surface area contributed by atoms with Crippen molar-refractivity contribution < 1.29 is 9.18 Å². The van der Waals surface area contributed by atoms with Crippen molar-refractivity contribution in [2.75, 3.05) is 6.54 Å². The van der Waals surface area contributed by atoms with Crippen molar-refractivity contribution >= 4 is 5.91 Å². The summed E-state index contributed by atoms with van der Waals surface area (Å²) in [7, 11) is 0. The van der Waals surface area contributed by atoms with Gasteiger partial charge in [-0.15, -0.1) is 0 Å². The molecule has 1 aliphatic heterocycles. The highest BCUT2D eigenvalue weighted by Gasteiger charge is 2.25. The molecule has 2 rings (SSSR count). The lowest BCUT2D eigenvalue weighted by Gasteiger charge is -2.10. The maximum atomic E-state index is 12.8. The molecule has 0 unspecified atom stereocenters. The molecule has 1 amide bonds. The number of amides is 1. The Hall–Kier alpha value is -1.38. The average molecular weight is 179 g/mol. The van der Waals surface area contributed by atoms with Gasteiger partial charge in [0.05, 0.1) is 0 Å². The Balaban J connectivity index is 2.45. The van der Waals surface area contributed by atoms with Gasteiger partial charge in [0.1, 0.15) is 5.82 Å². The van der Waals surface area contributed by atoms with Crippen LogP contribution in [0.1, 0.15) is 22.8 Å². The standard InChI is InChI=1S/C10H10FNO/c1-2-12-6-7-3-4-8(11)5-9(7)10(12)13/h3-5H,2,6H2,1H3. The molecule has 1 aliphatic rings. The summed E-state index contributed by atoms with van der Waals surface area (Å²) in [6, 6.07) is 4.39. The van der Waals surface area contributed by atoms with Crippen LogP contribution in [-0.2, 0) is 6.54 Å². The van der Waals surface area contributed by atoms with Gasteiger partial charge in [-0.2, -0.15) is 0 Å². The summed E-state index contributed by atoms with van der Waals surface area (Å²) in [6.45, 7) is 3.21. The Morgan fingerprint density at radius 2 is 2.31 bits per heavy atom. The maximum absolute atomic E-state index is 12.8. The molecule has 0 fully saturated rings. The van der Waals surface area contributed by atoms with Crippen LogP contribution in [-0.4, -0.2) is 17.4 Å². The smallest absolute Gasteiger partial charge is 0.254 e. The van der Waals surface area contributed by atoms with Gasteiger partial charge in [0.15, 0.2) is 0 Å². The zero-order valence-corrected chi connectivity index (χ0v) is 7.38. The van der Waals surface area contributed by atoms with E-state index in [9.17, 15) is 9.18 Å². The fourth-order valence-corrected chi connectivity index (χ4v) is 1.59. The van der Waals surface area contributed by atoms with Crippen LogP contribution in [0.15, 0.2) is 18.2 Å². The Labute approximate surface area is 76.0 Å². The topological polar surface area (TPSA) is 20.3 Å². The Kier molecular flexibility index (Phi) is 1.79. The molecule has 3 heteroatoms. The lowest BCUT2D eigenvalue weighted by molar-refractivity contribution is 0.0787. The van der Waals surface area contributed by atoms with Gasteiger partial charge in [-0.25, -0.2) is 4.39 Å². The first-order chi connectivity index (χ1) is 6.22. The quantitative estimate of drug-likeness (QED) is 0.643. The number of carbonyl (C=O) groups excluding carboxylic acids is 1. The van der Waals surface area contributed by atoms with Gasteiger partial charge in [0.2, 0.25) is 0 Å². The lowest BCUT2D eigenvalue weighted by Crippen LogP contribution is -2.22.